The van der Waals surface area contributed by atoms with Crippen LogP contribution in [0.2, 0.25) is 0 Å². The van der Waals surface area contributed by atoms with Crippen molar-refractivity contribution in [3.8, 4) is 5.69 Å². The fourth-order valence-corrected chi connectivity index (χ4v) is 2.93. The van der Waals surface area contributed by atoms with Crippen LogP contribution in [-0.4, -0.2) is 20.4 Å². The molecule has 0 radical (unpaired) electrons. The van der Waals surface area contributed by atoms with E-state index in [9.17, 15) is 9.59 Å². The van der Waals surface area contributed by atoms with E-state index in [1.54, 1.807) is 66.2 Å². The number of pyridine rings is 1. The van der Waals surface area contributed by atoms with Crippen LogP contribution in [-0.2, 0) is 0 Å². The van der Waals surface area contributed by atoms with Crippen molar-refractivity contribution in [1.82, 2.24) is 14.5 Å². The Morgan fingerprint density at radius 2 is 1.70 bits per heavy atom. The summed E-state index contributed by atoms with van der Waals surface area (Å²) in [5, 5.41) is 3.29. The van der Waals surface area contributed by atoms with Gasteiger partial charge >= 0.3 is 0 Å². The SMILES string of the molecule is Cc1nc2ccccc2c(=O)n1-c1ccc(C(=O)Nc2ccccn2)cc1. The van der Waals surface area contributed by atoms with Gasteiger partial charge < -0.3 is 5.32 Å². The third kappa shape index (κ3) is 3.20. The zero-order valence-corrected chi connectivity index (χ0v) is 14.6. The first-order chi connectivity index (χ1) is 13.1. The Morgan fingerprint density at radius 1 is 0.963 bits per heavy atom. The van der Waals surface area contributed by atoms with Crippen LogP contribution in [0.25, 0.3) is 16.6 Å². The fourth-order valence-electron chi connectivity index (χ4n) is 2.93. The second-order valence-corrected chi connectivity index (χ2v) is 6.03. The summed E-state index contributed by atoms with van der Waals surface area (Å²) in [7, 11) is 0. The molecule has 0 bridgehead atoms. The van der Waals surface area contributed by atoms with E-state index < -0.39 is 0 Å². The van der Waals surface area contributed by atoms with E-state index in [2.05, 4.69) is 15.3 Å². The lowest BCUT2D eigenvalue weighted by Gasteiger charge is -2.11. The number of hydrogen-bond donors (Lipinski definition) is 1. The van der Waals surface area contributed by atoms with Gasteiger partial charge in [-0.15, -0.1) is 0 Å². The zero-order valence-electron chi connectivity index (χ0n) is 14.6. The highest BCUT2D eigenvalue weighted by atomic mass is 16.1. The summed E-state index contributed by atoms with van der Waals surface area (Å²) in [6.45, 7) is 1.79. The number of carbonyl (C=O) groups is 1. The summed E-state index contributed by atoms with van der Waals surface area (Å²) < 4.78 is 1.54. The van der Waals surface area contributed by atoms with Gasteiger partial charge in [0.2, 0.25) is 0 Å². The van der Waals surface area contributed by atoms with Gasteiger partial charge in [-0.1, -0.05) is 18.2 Å². The van der Waals surface area contributed by atoms with Crippen LogP contribution < -0.4 is 10.9 Å². The van der Waals surface area contributed by atoms with E-state index >= 15 is 0 Å². The Balaban J connectivity index is 1.68. The lowest BCUT2D eigenvalue weighted by molar-refractivity contribution is 0.102. The Morgan fingerprint density at radius 3 is 2.44 bits per heavy atom. The maximum Gasteiger partial charge on any atom is 0.265 e. The molecule has 0 spiro atoms. The second-order valence-electron chi connectivity index (χ2n) is 6.03. The van der Waals surface area contributed by atoms with Gasteiger partial charge in [0.25, 0.3) is 11.5 Å². The zero-order chi connectivity index (χ0) is 18.8. The molecule has 6 nitrogen and oxygen atoms in total. The fraction of sp³-hybridized carbons (Fsp3) is 0.0476. The third-order valence-corrected chi connectivity index (χ3v) is 4.24. The quantitative estimate of drug-likeness (QED) is 0.611. The minimum Gasteiger partial charge on any atom is -0.307 e. The normalized spacial score (nSPS) is 10.7. The lowest BCUT2D eigenvalue weighted by atomic mass is 10.2. The number of rotatable bonds is 3. The molecule has 27 heavy (non-hydrogen) atoms. The molecule has 1 N–H and O–H groups in total. The van der Waals surface area contributed by atoms with Crippen molar-refractivity contribution < 1.29 is 4.79 Å². The van der Waals surface area contributed by atoms with E-state index in [-0.39, 0.29) is 11.5 Å². The Bertz CT molecular complexity index is 1180. The molecular formula is C21H16N4O2. The second kappa shape index (κ2) is 6.84. The van der Waals surface area contributed by atoms with Crippen molar-refractivity contribution in [1.29, 1.82) is 0 Å². The van der Waals surface area contributed by atoms with E-state index in [1.165, 1.54) is 0 Å². The average Bonchev–Trinajstić information content (AvgIpc) is 2.69. The van der Waals surface area contributed by atoms with Crippen molar-refractivity contribution in [3.05, 3.63) is 94.7 Å². The number of benzene rings is 2. The number of amides is 1. The molecule has 0 saturated heterocycles. The number of para-hydroxylation sites is 1. The number of nitrogens with zero attached hydrogens (tertiary/aromatic N) is 3. The predicted octanol–water partition coefficient (Wildman–Crippen LogP) is 3.34. The number of carbonyl (C=O) groups excluding carboxylic acids is 1. The maximum absolute atomic E-state index is 12.8. The van der Waals surface area contributed by atoms with Crippen molar-refractivity contribution in [2.75, 3.05) is 5.32 Å². The summed E-state index contributed by atoms with van der Waals surface area (Å²) in [6.07, 6.45) is 1.61. The smallest absolute Gasteiger partial charge is 0.265 e. The van der Waals surface area contributed by atoms with E-state index in [1.807, 2.05) is 18.2 Å². The number of aryl methyl sites for hydroxylation is 1. The van der Waals surface area contributed by atoms with Crippen LogP contribution in [0.3, 0.4) is 0 Å². The summed E-state index contributed by atoms with van der Waals surface area (Å²) in [6, 6.07) is 19.4. The molecule has 2 aromatic heterocycles. The first-order valence-corrected chi connectivity index (χ1v) is 8.45. The number of aromatic nitrogens is 3. The number of nitrogens with one attached hydrogen (secondary N) is 1. The van der Waals surface area contributed by atoms with Gasteiger partial charge in [0.05, 0.1) is 16.6 Å². The van der Waals surface area contributed by atoms with Crippen LogP contribution in [0.1, 0.15) is 16.2 Å². The standard InChI is InChI=1S/C21H16N4O2/c1-14-23-18-7-3-2-6-17(18)21(27)25(14)16-11-9-15(10-12-16)20(26)24-19-8-4-5-13-22-19/h2-13H,1H3,(H,22,24,26). The van der Waals surface area contributed by atoms with Gasteiger partial charge in [0.1, 0.15) is 11.6 Å². The molecule has 4 aromatic rings. The molecule has 0 aliphatic heterocycles. The van der Waals surface area contributed by atoms with Crippen molar-refractivity contribution in [3.63, 3.8) is 0 Å². The Labute approximate surface area is 155 Å². The molecule has 132 valence electrons. The van der Waals surface area contributed by atoms with Crippen molar-refractivity contribution in [2.45, 2.75) is 6.92 Å². The predicted molar refractivity (Wildman–Crippen MR) is 104 cm³/mol. The highest BCUT2D eigenvalue weighted by molar-refractivity contribution is 6.03. The minimum atomic E-state index is -0.263. The van der Waals surface area contributed by atoms with Gasteiger partial charge in [-0.2, -0.15) is 0 Å². The summed E-state index contributed by atoms with van der Waals surface area (Å²) in [4.78, 5) is 33.8. The molecule has 0 fully saturated rings. The van der Waals surface area contributed by atoms with Gasteiger partial charge in [-0.25, -0.2) is 9.97 Å². The molecule has 4 rings (SSSR count). The summed E-state index contributed by atoms with van der Waals surface area (Å²) in [5.74, 6) is 0.808. The molecule has 0 atom stereocenters. The first-order valence-electron chi connectivity index (χ1n) is 8.45. The molecule has 6 heteroatoms. The molecule has 0 saturated carbocycles. The largest absolute Gasteiger partial charge is 0.307 e. The average molecular weight is 356 g/mol. The monoisotopic (exact) mass is 356 g/mol. The highest BCUT2D eigenvalue weighted by Crippen LogP contribution is 2.14. The van der Waals surface area contributed by atoms with Gasteiger partial charge in [-0.3, -0.25) is 14.2 Å². The minimum absolute atomic E-state index is 0.135. The third-order valence-electron chi connectivity index (χ3n) is 4.24. The maximum atomic E-state index is 12.8. The van der Waals surface area contributed by atoms with Gasteiger partial charge in [0.15, 0.2) is 0 Å². The topological polar surface area (TPSA) is 76.9 Å². The first kappa shape index (κ1) is 16.7. The molecular weight excluding hydrogens is 340 g/mol. The number of fused-ring (bicyclic) bond motifs is 1. The van der Waals surface area contributed by atoms with Gasteiger partial charge in [0, 0.05) is 11.8 Å². The highest BCUT2D eigenvalue weighted by Gasteiger charge is 2.11. The van der Waals surface area contributed by atoms with Crippen molar-refractivity contribution >= 4 is 22.6 Å². The van der Waals surface area contributed by atoms with E-state index in [0.717, 1.165) is 0 Å². The molecule has 0 aliphatic rings. The molecule has 2 heterocycles. The van der Waals surface area contributed by atoms with Crippen molar-refractivity contribution in [2.24, 2.45) is 0 Å². The van der Waals surface area contributed by atoms with Crippen LogP contribution in [0.4, 0.5) is 5.82 Å². The lowest BCUT2D eigenvalue weighted by Crippen LogP contribution is -2.22. The molecule has 2 aromatic carbocycles. The molecule has 1 amide bonds. The Kier molecular flexibility index (Phi) is 4.22. The van der Waals surface area contributed by atoms with E-state index in [0.29, 0.717) is 33.8 Å². The molecule has 0 aliphatic carbocycles. The number of anilines is 1. The molecule has 0 unspecified atom stereocenters. The van der Waals surface area contributed by atoms with Crippen LogP contribution in [0, 0.1) is 6.92 Å². The summed E-state index contributed by atoms with van der Waals surface area (Å²) in [5.41, 5.74) is 1.67. The summed E-state index contributed by atoms with van der Waals surface area (Å²) >= 11 is 0. The van der Waals surface area contributed by atoms with Crippen LogP contribution in [0.15, 0.2) is 77.7 Å². The van der Waals surface area contributed by atoms with E-state index in [4.69, 9.17) is 0 Å². The van der Waals surface area contributed by atoms with Crippen LogP contribution >= 0.6 is 0 Å². The Hall–Kier alpha value is -3.80. The van der Waals surface area contributed by atoms with Crippen LogP contribution in [0.5, 0.6) is 0 Å². The van der Waals surface area contributed by atoms with Gasteiger partial charge in [-0.05, 0) is 55.5 Å². The number of hydrogen-bond acceptors (Lipinski definition) is 4.